The molecule has 1 atom stereocenters. The van der Waals surface area contributed by atoms with Crippen molar-refractivity contribution in [1.82, 2.24) is 14.8 Å². The lowest BCUT2D eigenvalue weighted by Crippen LogP contribution is -2.23. The molecule has 1 unspecified atom stereocenters. The van der Waals surface area contributed by atoms with E-state index in [1.54, 1.807) is 11.7 Å². The van der Waals surface area contributed by atoms with Crippen LogP contribution >= 0.6 is 0 Å². The molecule has 0 amide bonds. The van der Waals surface area contributed by atoms with E-state index < -0.39 is 6.10 Å². The fourth-order valence-electron chi connectivity index (χ4n) is 0.799. The minimum Gasteiger partial charge on any atom is -0.391 e. The maximum Gasteiger partial charge on any atom is 0.138 e. The van der Waals surface area contributed by atoms with Gasteiger partial charge in [-0.25, -0.2) is 4.98 Å². The highest BCUT2D eigenvalue weighted by Gasteiger charge is 2.06. The monoisotopic (exact) mass is 156 g/mol. The second-order valence-electron chi connectivity index (χ2n) is 2.39. The summed E-state index contributed by atoms with van der Waals surface area (Å²) in [5.41, 5.74) is 5.23. The number of nitrogens with two attached hydrogens (primary N) is 1. The maximum atomic E-state index is 9.15. The van der Waals surface area contributed by atoms with Gasteiger partial charge >= 0.3 is 0 Å². The van der Waals surface area contributed by atoms with E-state index in [9.17, 15) is 0 Å². The summed E-state index contributed by atoms with van der Waals surface area (Å²) < 4.78 is 1.62. The predicted molar refractivity (Wildman–Crippen MR) is 39.8 cm³/mol. The number of rotatable bonds is 3. The van der Waals surface area contributed by atoms with Crippen molar-refractivity contribution in [3.63, 3.8) is 0 Å². The molecule has 0 aromatic carbocycles. The number of nitrogens with zero attached hydrogens (tertiary/aromatic N) is 3. The molecular weight excluding hydrogens is 144 g/mol. The molecule has 3 N–H and O–H groups in total. The van der Waals surface area contributed by atoms with Crippen molar-refractivity contribution >= 4 is 0 Å². The number of aryl methyl sites for hydroxylation is 1. The second kappa shape index (κ2) is 3.45. The summed E-state index contributed by atoms with van der Waals surface area (Å²) in [5.74, 6) is 0.753. The third-order valence-electron chi connectivity index (χ3n) is 1.50. The van der Waals surface area contributed by atoms with Gasteiger partial charge in [-0.05, 0) is 0 Å². The van der Waals surface area contributed by atoms with E-state index in [4.69, 9.17) is 10.8 Å². The Morgan fingerprint density at radius 1 is 1.82 bits per heavy atom. The number of aromatic nitrogens is 3. The van der Waals surface area contributed by atoms with Gasteiger partial charge in [-0.2, -0.15) is 5.10 Å². The van der Waals surface area contributed by atoms with E-state index in [0.717, 1.165) is 5.82 Å². The van der Waals surface area contributed by atoms with E-state index >= 15 is 0 Å². The van der Waals surface area contributed by atoms with Crippen LogP contribution in [0.1, 0.15) is 5.82 Å². The lowest BCUT2D eigenvalue weighted by Gasteiger charge is -2.05. The smallest absolute Gasteiger partial charge is 0.138 e. The van der Waals surface area contributed by atoms with Crippen molar-refractivity contribution in [2.75, 3.05) is 6.54 Å². The van der Waals surface area contributed by atoms with Gasteiger partial charge in [-0.1, -0.05) is 0 Å². The Balaban J connectivity index is 2.56. The normalized spacial score (nSPS) is 13.4. The summed E-state index contributed by atoms with van der Waals surface area (Å²) >= 11 is 0. The molecule has 1 heterocycles. The van der Waals surface area contributed by atoms with Gasteiger partial charge in [0.25, 0.3) is 0 Å². The molecule has 62 valence electrons. The molecule has 0 saturated carbocycles. The molecule has 0 radical (unpaired) electrons. The van der Waals surface area contributed by atoms with Crippen LogP contribution in [0.15, 0.2) is 6.33 Å². The van der Waals surface area contributed by atoms with Gasteiger partial charge < -0.3 is 10.8 Å². The molecule has 0 fully saturated rings. The summed E-state index contributed by atoms with van der Waals surface area (Å²) in [6.07, 6.45) is 1.41. The standard InChI is InChI=1S/C6H12N4O/c1-10-6(8-4-9-10)2-5(11)3-7/h4-5,11H,2-3,7H2,1H3. The summed E-state index contributed by atoms with van der Waals surface area (Å²) in [4.78, 5) is 3.94. The molecule has 0 aliphatic rings. The SMILES string of the molecule is Cn1ncnc1CC(O)CN. The minimum atomic E-state index is -0.516. The van der Waals surface area contributed by atoms with Gasteiger partial charge in [-0.15, -0.1) is 0 Å². The Morgan fingerprint density at radius 3 is 3.00 bits per heavy atom. The first-order valence-corrected chi connectivity index (χ1v) is 3.45. The zero-order valence-corrected chi connectivity index (χ0v) is 6.44. The quantitative estimate of drug-likeness (QED) is 0.569. The zero-order chi connectivity index (χ0) is 8.27. The molecule has 0 bridgehead atoms. The molecule has 0 aliphatic carbocycles. The number of hydrogen-bond acceptors (Lipinski definition) is 4. The van der Waals surface area contributed by atoms with Gasteiger partial charge in [0.05, 0.1) is 6.10 Å². The molecular formula is C6H12N4O. The fourth-order valence-corrected chi connectivity index (χ4v) is 0.799. The summed E-state index contributed by atoms with van der Waals surface area (Å²) in [6.45, 7) is 0.257. The topological polar surface area (TPSA) is 77.0 Å². The first-order valence-electron chi connectivity index (χ1n) is 3.45. The second-order valence-corrected chi connectivity index (χ2v) is 2.39. The third kappa shape index (κ3) is 1.99. The van der Waals surface area contributed by atoms with Crippen molar-refractivity contribution in [1.29, 1.82) is 0 Å². The van der Waals surface area contributed by atoms with Crippen molar-refractivity contribution < 1.29 is 5.11 Å². The highest BCUT2D eigenvalue weighted by molar-refractivity contribution is 4.86. The van der Waals surface area contributed by atoms with Crippen LogP contribution in [0.4, 0.5) is 0 Å². The van der Waals surface area contributed by atoms with Crippen LogP contribution in [0.5, 0.6) is 0 Å². The Bertz CT molecular complexity index is 222. The third-order valence-corrected chi connectivity index (χ3v) is 1.50. The number of aliphatic hydroxyl groups is 1. The summed E-state index contributed by atoms with van der Waals surface area (Å²) in [7, 11) is 1.78. The van der Waals surface area contributed by atoms with Crippen LogP contribution in [0, 0.1) is 0 Å². The van der Waals surface area contributed by atoms with Crippen molar-refractivity contribution in [2.45, 2.75) is 12.5 Å². The summed E-state index contributed by atoms with van der Waals surface area (Å²) in [5, 5.41) is 13.0. The predicted octanol–water partition coefficient (Wildman–Crippen LogP) is -1.32. The van der Waals surface area contributed by atoms with Crippen LogP contribution in [0.3, 0.4) is 0 Å². The maximum absolute atomic E-state index is 9.15. The van der Waals surface area contributed by atoms with Gasteiger partial charge in [0.1, 0.15) is 12.2 Å². The average Bonchev–Trinajstić information content (AvgIpc) is 2.37. The summed E-state index contributed by atoms with van der Waals surface area (Å²) in [6, 6.07) is 0. The van der Waals surface area contributed by atoms with E-state index in [1.165, 1.54) is 6.33 Å². The van der Waals surface area contributed by atoms with E-state index in [-0.39, 0.29) is 6.54 Å². The lowest BCUT2D eigenvalue weighted by molar-refractivity contribution is 0.179. The molecule has 1 aromatic rings. The van der Waals surface area contributed by atoms with Crippen molar-refractivity contribution in [3.8, 4) is 0 Å². The molecule has 11 heavy (non-hydrogen) atoms. The van der Waals surface area contributed by atoms with Crippen molar-refractivity contribution in [2.24, 2.45) is 12.8 Å². The molecule has 0 aliphatic heterocycles. The number of aliphatic hydroxyl groups excluding tert-OH is 1. The average molecular weight is 156 g/mol. The number of hydrogen-bond donors (Lipinski definition) is 2. The molecule has 1 rings (SSSR count). The first-order chi connectivity index (χ1) is 5.24. The zero-order valence-electron chi connectivity index (χ0n) is 6.44. The fraction of sp³-hybridized carbons (Fsp3) is 0.667. The van der Waals surface area contributed by atoms with E-state index in [2.05, 4.69) is 10.1 Å². The van der Waals surface area contributed by atoms with Crippen LogP contribution in [-0.2, 0) is 13.5 Å². The van der Waals surface area contributed by atoms with E-state index in [0.29, 0.717) is 6.42 Å². The van der Waals surface area contributed by atoms with Gasteiger partial charge in [-0.3, -0.25) is 4.68 Å². The Morgan fingerprint density at radius 2 is 2.55 bits per heavy atom. The Hall–Kier alpha value is -0.940. The van der Waals surface area contributed by atoms with Crippen LogP contribution in [0.2, 0.25) is 0 Å². The Labute approximate surface area is 64.9 Å². The Kier molecular flexibility index (Phi) is 2.56. The first kappa shape index (κ1) is 8.16. The highest BCUT2D eigenvalue weighted by Crippen LogP contribution is 1.95. The highest BCUT2D eigenvalue weighted by atomic mass is 16.3. The minimum absolute atomic E-state index is 0.257. The van der Waals surface area contributed by atoms with Crippen molar-refractivity contribution in [3.05, 3.63) is 12.2 Å². The largest absolute Gasteiger partial charge is 0.391 e. The molecule has 0 saturated heterocycles. The lowest BCUT2D eigenvalue weighted by atomic mass is 10.2. The molecule has 5 heteroatoms. The van der Waals surface area contributed by atoms with Gasteiger partial charge in [0.2, 0.25) is 0 Å². The molecule has 1 aromatic heterocycles. The van der Waals surface area contributed by atoms with Gasteiger partial charge in [0.15, 0.2) is 0 Å². The van der Waals surface area contributed by atoms with E-state index in [1.807, 2.05) is 0 Å². The molecule has 0 spiro atoms. The van der Waals surface area contributed by atoms with Crippen LogP contribution < -0.4 is 5.73 Å². The molecule has 5 nitrogen and oxygen atoms in total. The van der Waals surface area contributed by atoms with Crippen LogP contribution in [-0.4, -0.2) is 32.5 Å². The van der Waals surface area contributed by atoms with Gasteiger partial charge in [0, 0.05) is 20.0 Å². The van der Waals surface area contributed by atoms with Crippen LogP contribution in [0.25, 0.3) is 0 Å².